The second kappa shape index (κ2) is 13.6. The molecule has 0 saturated carbocycles. The van der Waals surface area contributed by atoms with Crippen molar-refractivity contribution in [1.29, 1.82) is 0 Å². The molecule has 42 heavy (non-hydrogen) atoms. The third-order valence-corrected chi connectivity index (χ3v) is 8.06. The number of benzene rings is 2. The second-order valence-corrected chi connectivity index (χ2v) is 10.9. The van der Waals surface area contributed by atoms with Gasteiger partial charge in [0.2, 0.25) is 11.8 Å². The summed E-state index contributed by atoms with van der Waals surface area (Å²) in [5, 5.41) is 12.0. The number of hydrogen-bond acceptors (Lipinski definition) is 7. The number of nitrogen functional groups attached to an aromatic ring is 1. The van der Waals surface area contributed by atoms with Crippen LogP contribution in [0, 0.1) is 0 Å². The van der Waals surface area contributed by atoms with Gasteiger partial charge in [0.15, 0.2) is 0 Å². The van der Waals surface area contributed by atoms with Crippen molar-refractivity contribution < 1.29 is 19.2 Å². The quantitative estimate of drug-likeness (QED) is 0.211. The molecule has 3 heterocycles. The van der Waals surface area contributed by atoms with E-state index >= 15 is 0 Å². The summed E-state index contributed by atoms with van der Waals surface area (Å²) < 4.78 is 0. The van der Waals surface area contributed by atoms with E-state index in [0.29, 0.717) is 76.3 Å². The molecule has 1 unspecified atom stereocenters. The summed E-state index contributed by atoms with van der Waals surface area (Å²) in [6, 6.07) is 12.6. The standard InChI is InChI=1S/C30H40N8O4/c31-21-8-10-22(11-9-21)36-16-18-37(19-17-36)30(42)34-15-14-32-12-3-7-27(39)35-25-5-1-4-23-24(25)20-38(29(23)41)26-6-2-13-33-28(26)40/h1,4-5,8-11,26,32H,2-3,6-7,12-20,31H2,(H,33,40)(H,34,42)(H,35,39). The lowest BCUT2D eigenvalue weighted by molar-refractivity contribution is -0.127. The fourth-order valence-corrected chi connectivity index (χ4v) is 5.71. The zero-order valence-corrected chi connectivity index (χ0v) is 23.9. The number of nitrogens with zero attached hydrogens (tertiary/aromatic N) is 3. The van der Waals surface area contributed by atoms with Crippen molar-refractivity contribution in [1.82, 2.24) is 25.8 Å². The lowest BCUT2D eigenvalue weighted by Gasteiger charge is -2.36. The van der Waals surface area contributed by atoms with Gasteiger partial charge in [-0.2, -0.15) is 0 Å². The molecule has 0 radical (unpaired) electrons. The van der Waals surface area contributed by atoms with Crippen molar-refractivity contribution >= 4 is 40.8 Å². The van der Waals surface area contributed by atoms with Gasteiger partial charge in [0.1, 0.15) is 6.04 Å². The number of hydrogen-bond donors (Lipinski definition) is 5. The number of rotatable bonds is 10. The minimum atomic E-state index is -0.469. The predicted octanol–water partition coefficient (Wildman–Crippen LogP) is 1.34. The molecule has 2 fully saturated rings. The number of carbonyl (C=O) groups excluding carboxylic acids is 4. The Morgan fingerprint density at radius 3 is 2.52 bits per heavy atom. The van der Waals surface area contributed by atoms with E-state index in [4.69, 9.17) is 5.73 Å². The number of carbonyl (C=O) groups is 4. The predicted molar refractivity (Wildman–Crippen MR) is 161 cm³/mol. The summed E-state index contributed by atoms with van der Waals surface area (Å²) in [5.41, 5.74) is 9.54. The van der Waals surface area contributed by atoms with Gasteiger partial charge in [-0.25, -0.2) is 4.79 Å². The minimum absolute atomic E-state index is 0.0651. The van der Waals surface area contributed by atoms with Crippen LogP contribution in [0.15, 0.2) is 42.5 Å². The molecule has 0 aromatic heterocycles. The number of anilines is 3. The van der Waals surface area contributed by atoms with Gasteiger partial charge in [-0.15, -0.1) is 0 Å². The first-order valence-corrected chi connectivity index (χ1v) is 14.7. The van der Waals surface area contributed by atoms with Crippen LogP contribution in [0.1, 0.15) is 41.6 Å². The largest absolute Gasteiger partial charge is 0.399 e. The summed E-state index contributed by atoms with van der Waals surface area (Å²) in [4.78, 5) is 56.1. The Morgan fingerprint density at radius 1 is 0.976 bits per heavy atom. The molecule has 5 rings (SSSR count). The first-order valence-electron chi connectivity index (χ1n) is 14.7. The van der Waals surface area contributed by atoms with Gasteiger partial charge in [-0.1, -0.05) is 6.07 Å². The lowest BCUT2D eigenvalue weighted by atomic mass is 10.1. The van der Waals surface area contributed by atoms with Crippen molar-refractivity contribution in [2.24, 2.45) is 0 Å². The zero-order valence-electron chi connectivity index (χ0n) is 23.9. The highest BCUT2D eigenvalue weighted by molar-refractivity contribution is 6.04. The number of amides is 5. The van der Waals surface area contributed by atoms with E-state index in [1.54, 1.807) is 23.1 Å². The first-order chi connectivity index (χ1) is 20.4. The number of nitrogens with one attached hydrogen (secondary N) is 4. The van der Waals surface area contributed by atoms with Gasteiger partial charge >= 0.3 is 6.03 Å². The highest BCUT2D eigenvalue weighted by Crippen LogP contribution is 2.32. The van der Waals surface area contributed by atoms with Crippen LogP contribution in [0.3, 0.4) is 0 Å². The molecule has 12 heteroatoms. The molecule has 5 amide bonds. The van der Waals surface area contributed by atoms with Crippen molar-refractivity contribution in [3.63, 3.8) is 0 Å². The molecule has 0 aliphatic carbocycles. The molecule has 3 aliphatic heterocycles. The number of piperidine rings is 1. The van der Waals surface area contributed by atoms with Crippen LogP contribution in [0.4, 0.5) is 21.9 Å². The molecule has 12 nitrogen and oxygen atoms in total. The Bertz CT molecular complexity index is 1290. The van der Waals surface area contributed by atoms with Gasteiger partial charge in [-0.05, 0) is 62.2 Å². The van der Waals surface area contributed by atoms with E-state index in [1.165, 1.54) is 0 Å². The molecular weight excluding hydrogens is 536 g/mol. The molecular formula is C30H40N8O4. The lowest BCUT2D eigenvalue weighted by Crippen LogP contribution is -2.52. The van der Waals surface area contributed by atoms with Crippen LogP contribution in [-0.4, -0.2) is 92.0 Å². The fraction of sp³-hybridized carbons (Fsp3) is 0.467. The van der Waals surface area contributed by atoms with Gasteiger partial charge in [0.25, 0.3) is 5.91 Å². The highest BCUT2D eigenvalue weighted by Gasteiger charge is 2.38. The molecule has 1 atom stereocenters. The van der Waals surface area contributed by atoms with Gasteiger partial charge < -0.3 is 41.7 Å². The van der Waals surface area contributed by atoms with Crippen LogP contribution in [0.5, 0.6) is 0 Å². The maximum Gasteiger partial charge on any atom is 0.317 e. The Balaban J connectivity index is 0.962. The highest BCUT2D eigenvalue weighted by atomic mass is 16.2. The number of nitrogens with two attached hydrogens (primary N) is 1. The summed E-state index contributed by atoms with van der Waals surface area (Å²) in [5.74, 6) is -0.411. The van der Waals surface area contributed by atoms with Gasteiger partial charge in [0, 0.05) is 87.0 Å². The molecule has 2 aromatic rings. The molecule has 0 spiro atoms. The van der Waals surface area contributed by atoms with Crippen LogP contribution in [0.25, 0.3) is 0 Å². The topological polar surface area (TPSA) is 152 Å². The van der Waals surface area contributed by atoms with Crippen LogP contribution in [0.2, 0.25) is 0 Å². The van der Waals surface area contributed by atoms with Crippen molar-refractivity contribution in [3.05, 3.63) is 53.6 Å². The summed E-state index contributed by atoms with van der Waals surface area (Å²) in [6.45, 7) is 5.57. The van der Waals surface area contributed by atoms with Crippen LogP contribution < -0.4 is 31.9 Å². The number of urea groups is 1. The molecule has 3 aliphatic rings. The van der Waals surface area contributed by atoms with Crippen molar-refractivity contribution in [2.75, 3.05) is 68.3 Å². The molecule has 2 aromatic carbocycles. The van der Waals surface area contributed by atoms with Crippen molar-refractivity contribution in [3.8, 4) is 0 Å². The average molecular weight is 577 g/mol. The Kier molecular flexibility index (Phi) is 9.42. The van der Waals surface area contributed by atoms with Crippen molar-refractivity contribution in [2.45, 2.75) is 38.3 Å². The SMILES string of the molecule is Nc1ccc(N2CCN(C(=O)NCCNCCCC(=O)Nc3cccc4c3CN(C3CCCNC3=O)C4=O)CC2)cc1. The minimum Gasteiger partial charge on any atom is -0.399 e. The number of piperazine rings is 1. The number of fused-ring (bicyclic) bond motifs is 1. The zero-order chi connectivity index (χ0) is 29.5. The first kappa shape index (κ1) is 29.2. The Hall–Kier alpha value is -4.32. The van der Waals surface area contributed by atoms with E-state index < -0.39 is 6.04 Å². The molecule has 224 valence electrons. The van der Waals surface area contributed by atoms with E-state index in [2.05, 4.69) is 26.2 Å². The Morgan fingerprint density at radius 2 is 1.76 bits per heavy atom. The van der Waals surface area contributed by atoms with Crippen LogP contribution >= 0.6 is 0 Å². The smallest absolute Gasteiger partial charge is 0.317 e. The van der Waals surface area contributed by atoms with E-state index in [-0.39, 0.29) is 23.8 Å². The van der Waals surface area contributed by atoms with E-state index in [9.17, 15) is 19.2 Å². The average Bonchev–Trinajstić information content (AvgIpc) is 3.34. The van der Waals surface area contributed by atoms with E-state index in [0.717, 1.165) is 36.4 Å². The summed E-state index contributed by atoms with van der Waals surface area (Å²) >= 11 is 0. The maximum absolute atomic E-state index is 13.0. The summed E-state index contributed by atoms with van der Waals surface area (Å²) in [7, 11) is 0. The Labute approximate surface area is 246 Å². The summed E-state index contributed by atoms with van der Waals surface area (Å²) in [6.07, 6.45) is 2.44. The third kappa shape index (κ3) is 6.93. The second-order valence-electron chi connectivity index (χ2n) is 10.9. The third-order valence-electron chi connectivity index (χ3n) is 8.06. The molecule has 6 N–H and O–H groups in total. The molecule has 2 saturated heterocycles. The maximum atomic E-state index is 13.0. The van der Waals surface area contributed by atoms with Gasteiger partial charge in [0.05, 0.1) is 0 Å². The van der Waals surface area contributed by atoms with Gasteiger partial charge in [-0.3, -0.25) is 14.4 Å². The molecule has 0 bridgehead atoms. The van der Waals surface area contributed by atoms with E-state index in [1.807, 2.05) is 29.2 Å². The van der Waals surface area contributed by atoms with Crippen LogP contribution in [-0.2, 0) is 16.1 Å². The fourth-order valence-electron chi connectivity index (χ4n) is 5.71. The normalized spacial score (nSPS) is 18.5. The monoisotopic (exact) mass is 576 g/mol.